The standard InChI is InChI=1S/C19H21F2N3O/c20-14-10-15(21)12-16(11-14)25-17-3-1-2-13-4-5-18(23-19(13)17)24-8-6-22-7-9-24/h4-5,10-12,17,22H,1-3,6-9H2/t17-/m0/s1. The first kappa shape index (κ1) is 16.3. The SMILES string of the molecule is Fc1cc(F)cc(O[C@H]2CCCc3ccc(N4CCNCC4)nc32)c1. The van der Waals surface area contributed by atoms with Gasteiger partial charge in [-0.2, -0.15) is 0 Å². The van der Waals surface area contributed by atoms with E-state index < -0.39 is 11.6 Å². The van der Waals surface area contributed by atoms with Crippen LogP contribution >= 0.6 is 0 Å². The van der Waals surface area contributed by atoms with Gasteiger partial charge >= 0.3 is 0 Å². The Hall–Kier alpha value is -2.21. The Bertz CT molecular complexity index is 742. The molecular weight excluding hydrogens is 324 g/mol. The average molecular weight is 345 g/mol. The summed E-state index contributed by atoms with van der Waals surface area (Å²) in [4.78, 5) is 7.10. The van der Waals surface area contributed by atoms with Gasteiger partial charge in [0, 0.05) is 44.4 Å². The molecule has 2 aliphatic rings. The number of hydrogen-bond acceptors (Lipinski definition) is 4. The van der Waals surface area contributed by atoms with E-state index in [2.05, 4.69) is 22.3 Å². The van der Waals surface area contributed by atoms with Crippen molar-refractivity contribution in [2.45, 2.75) is 25.4 Å². The molecule has 4 nitrogen and oxygen atoms in total. The highest BCUT2D eigenvalue weighted by molar-refractivity contribution is 5.44. The number of hydrogen-bond donors (Lipinski definition) is 1. The van der Waals surface area contributed by atoms with Crippen molar-refractivity contribution in [3.8, 4) is 5.75 Å². The minimum absolute atomic E-state index is 0.213. The monoisotopic (exact) mass is 345 g/mol. The lowest BCUT2D eigenvalue weighted by Crippen LogP contribution is -2.44. The molecule has 0 saturated carbocycles. The van der Waals surface area contributed by atoms with Gasteiger partial charge in [-0.1, -0.05) is 6.07 Å². The van der Waals surface area contributed by atoms with Gasteiger partial charge in [-0.25, -0.2) is 13.8 Å². The van der Waals surface area contributed by atoms with Crippen molar-refractivity contribution >= 4 is 5.82 Å². The maximum atomic E-state index is 13.4. The number of benzene rings is 1. The molecule has 0 radical (unpaired) electrons. The van der Waals surface area contributed by atoms with Crippen molar-refractivity contribution < 1.29 is 13.5 Å². The first-order valence-electron chi connectivity index (χ1n) is 8.77. The minimum atomic E-state index is -0.631. The molecule has 1 aromatic heterocycles. The summed E-state index contributed by atoms with van der Waals surface area (Å²) in [5.41, 5.74) is 2.05. The topological polar surface area (TPSA) is 37.4 Å². The molecule has 4 rings (SSSR count). The van der Waals surface area contributed by atoms with Gasteiger partial charge in [-0.05, 0) is 30.9 Å². The van der Waals surface area contributed by atoms with E-state index in [0.717, 1.165) is 68.6 Å². The predicted molar refractivity (Wildman–Crippen MR) is 92.0 cm³/mol. The zero-order valence-electron chi connectivity index (χ0n) is 14.0. The van der Waals surface area contributed by atoms with Crippen LogP contribution in [0, 0.1) is 11.6 Å². The molecule has 0 amide bonds. The highest BCUT2D eigenvalue weighted by Crippen LogP contribution is 2.34. The number of halogens is 2. The van der Waals surface area contributed by atoms with Crippen LogP contribution in [-0.2, 0) is 6.42 Å². The first-order chi connectivity index (χ1) is 12.2. The molecule has 1 fully saturated rings. The van der Waals surface area contributed by atoms with Crippen molar-refractivity contribution in [3.05, 3.63) is 53.2 Å². The Morgan fingerprint density at radius 1 is 1.08 bits per heavy atom. The summed E-state index contributed by atoms with van der Waals surface area (Å²) >= 11 is 0. The molecule has 6 heteroatoms. The van der Waals surface area contributed by atoms with Crippen LogP contribution in [0.1, 0.15) is 30.2 Å². The largest absolute Gasteiger partial charge is 0.484 e. The molecule has 1 aromatic carbocycles. The number of nitrogens with one attached hydrogen (secondary N) is 1. The Labute approximate surface area is 145 Å². The zero-order valence-corrected chi connectivity index (χ0v) is 14.0. The molecule has 1 N–H and O–H groups in total. The number of rotatable bonds is 3. The van der Waals surface area contributed by atoms with Crippen molar-refractivity contribution in [1.82, 2.24) is 10.3 Å². The van der Waals surface area contributed by atoms with Gasteiger partial charge in [-0.15, -0.1) is 0 Å². The second-order valence-electron chi connectivity index (χ2n) is 6.55. The zero-order chi connectivity index (χ0) is 17.2. The van der Waals surface area contributed by atoms with Crippen LogP contribution in [0.3, 0.4) is 0 Å². The fraction of sp³-hybridized carbons (Fsp3) is 0.421. The second-order valence-corrected chi connectivity index (χ2v) is 6.55. The number of aromatic nitrogens is 1. The van der Waals surface area contributed by atoms with Gasteiger partial charge in [0.1, 0.15) is 29.3 Å². The van der Waals surface area contributed by atoms with E-state index in [-0.39, 0.29) is 11.9 Å². The average Bonchev–Trinajstić information content (AvgIpc) is 2.61. The van der Waals surface area contributed by atoms with Crippen LogP contribution in [0.5, 0.6) is 5.75 Å². The summed E-state index contributed by atoms with van der Waals surface area (Å²) < 4.78 is 32.8. The van der Waals surface area contributed by atoms with E-state index in [1.807, 2.05) is 0 Å². The maximum Gasteiger partial charge on any atom is 0.141 e. The molecule has 25 heavy (non-hydrogen) atoms. The third kappa shape index (κ3) is 3.58. The van der Waals surface area contributed by atoms with Gasteiger partial charge in [0.25, 0.3) is 0 Å². The minimum Gasteiger partial charge on any atom is -0.484 e. The van der Waals surface area contributed by atoms with Crippen LogP contribution in [0.2, 0.25) is 0 Å². The molecule has 0 unspecified atom stereocenters. The van der Waals surface area contributed by atoms with Gasteiger partial charge in [0.15, 0.2) is 0 Å². The maximum absolute atomic E-state index is 13.4. The van der Waals surface area contributed by atoms with Gasteiger partial charge in [0.05, 0.1) is 5.69 Å². The molecule has 2 heterocycles. The van der Waals surface area contributed by atoms with E-state index in [1.165, 1.54) is 12.1 Å². The number of anilines is 1. The predicted octanol–water partition coefficient (Wildman–Crippen LogP) is 3.23. The Morgan fingerprint density at radius 2 is 1.84 bits per heavy atom. The summed E-state index contributed by atoms with van der Waals surface area (Å²) in [5.74, 6) is -0.104. The van der Waals surface area contributed by atoms with E-state index in [4.69, 9.17) is 9.72 Å². The lowest BCUT2D eigenvalue weighted by Gasteiger charge is -2.31. The van der Waals surface area contributed by atoms with Gasteiger partial charge < -0.3 is 15.0 Å². The van der Waals surface area contributed by atoms with Crippen LogP contribution < -0.4 is 15.0 Å². The molecule has 1 saturated heterocycles. The van der Waals surface area contributed by atoms with Crippen LogP contribution in [-0.4, -0.2) is 31.2 Å². The van der Waals surface area contributed by atoms with Crippen molar-refractivity contribution in [3.63, 3.8) is 0 Å². The summed E-state index contributed by atoms with van der Waals surface area (Å²) in [6.07, 6.45) is 2.46. The number of fused-ring (bicyclic) bond motifs is 1. The molecule has 1 aliphatic carbocycles. The highest BCUT2D eigenvalue weighted by atomic mass is 19.1. The van der Waals surface area contributed by atoms with E-state index in [0.29, 0.717) is 0 Å². The van der Waals surface area contributed by atoms with Gasteiger partial charge in [-0.3, -0.25) is 0 Å². The molecule has 132 valence electrons. The number of piperazine rings is 1. The summed E-state index contributed by atoms with van der Waals surface area (Å²) in [5, 5.41) is 3.33. The van der Waals surface area contributed by atoms with E-state index in [1.54, 1.807) is 0 Å². The fourth-order valence-electron chi connectivity index (χ4n) is 3.54. The fourth-order valence-corrected chi connectivity index (χ4v) is 3.54. The smallest absolute Gasteiger partial charge is 0.141 e. The third-order valence-corrected chi connectivity index (χ3v) is 4.77. The van der Waals surface area contributed by atoms with E-state index >= 15 is 0 Å². The van der Waals surface area contributed by atoms with E-state index in [9.17, 15) is 8.78 Å². The first-order valence-corrected chi connectivity index (χ1v) is 8.77. The summed E-state index contributed by atoms with van der Waals surface area (Å²) in [6.45, 7) is 3.74. The Balaban J connectivity index is 1.61. The Kier molecular flexibility index (Phi) is 4.53. The third-order valence-electron chi connectivity index (χ3n) is 4.77. The molecule has 0 spiro atoms. The number of pyridine rings is 1. The number of aryl methyl sites for hydroxylation is 1. The van der Waals surface area contributed by atoms with Crippen molar-refractivity contribution in [2.75, 3.05) is 31.1 Å². The Morgan fingerprint density at radius 3 is 2.60 bits per heavy atom. The molecule has 1 atom stereocenters. The number of ether oxygens (including phenoxy) is 1. The normalized spacial score (nSPS) is 20.2. The lowest BCUT2D eigenvalue weighted by molar-refractivity contribution is 0.177. The lowest BCUT2D eigenvalue weighted by atomic mass is 9.93. The molecule has 0 bridgehead atoms. The second kappa shape index (κ2) is 6.96. The quantitative estimate of drug-likeness (QED) is 0.927. The van der Waals surface area contributed by atoms with Crippen LogP contribution in [0.15, 0.2) is 30.3 Å². The summed E-state index contributed by atoms with van der Waals surface area (Å²) in [6, 6.07) is 7.47. The van der Waals surface area contributed by atoms with Gasteiger partial charge in [0.2, 0.25) is 0 Å². The highest BCUT2D eigenvalue weighted by Gasteiger charge is 2.25. The molecule has 2 aromatic rings. The van der Waals surface area contributed by atoms with Crippen molar-refractivity contribution in [2.24, 2.45) is 0 Å². The van der Waals surface area contributed by atoms with Crippen LogP contribution in [0.4, 0.5) is 14.6 Å². The van der Waals surface area contributed by atoms with Crippen molar-refractivity contribution in [1.29, 1.82) is 0 Å². The molecular formula is C19H21F2N3O. The van der Waals surface area contributed by atoms with Crippen LogP contribution in [0.25, 0.3) is 0 Å². The number of nitrogens with zero attached hydrogens (tertiary/aromatic N) is 2. The molecule has 1 aliphatic heterocycles. The summed E-state index contributed by atoms with van der Waals surface area (Å²) in [7, 11) is 0.